The smallest absolute Gasteiger partial charge is 0.416 e. The zero-order chi connectivity index (χ0) is 28.3. The van der Waals surface area contributed by atoms with Crippen molar-refractivity contribution in [2.75, 3.05) is 18.4 Å². The lowest BCUT2D eigenvalue weighted by Gasteiger charge is -2.32. The quantitative estimate of drug-likeness (QED) is 0.278. The molecule has 1 fully saturated rings. The van der Waals surface area contributed by atoms with Crippen molar-refractivity contribution in [2.45, 2.75) is 31.9 Å². The van der Waals surface area contributed by atoms with Gasteiger partial charge in [0.2, 0.25) is 0 Å². The normalized spacial score (nSPS) is 14.2. The first kappa shape index (κ1) is 27.0. The summed E-state index contributed by atoms with van der Waals surface area (Å²) < 4.78 is 48.9. The zero-order valence-electron chi connectivity index (χ0n) is 21.6. The highest BCUT2D eigenvalue weighted by Gasteiger charge is 2.30. The van der Waals surface area contributed by atoms with Crippen LogP contribution in [0.5, 0.6) is 11.5 Å². The van der Waals surface area contributed by atoms with Gasteiger partial charge in [-0.2, -0.15) is 13.2 Å². The summed E-state index contributed by atoms with van der Waals surface area (Å²) in [5.41, 5.74) is 1.80. The van der Waals surface area contributed by atoms with Crippen LogP contribution in [0.2, 0.25) is 0 Å². The lowest BCUT2D eigenvalue weighted by Crippen LogP contribution is -2.37. The van der Waals surface area contributed by atoms with E-state index in [0.717, 1.165) is 30.5 Å². The SMILES string of the molecule is Cc1nc(C(=O)Nc2ccc(C3CCN(C(=O)c4ccc(Oc5ccc(C(F)(F)F)cc5)cc4)CC3)cc2)co1. The summed E-state index contributed by atoms with van der Waals surface area (Å²) in [6, 6.07) is 18.7. The minimum absolute atomic E-state index is 0.0827. The number of nitrogens with zero attached hydrogens (tertiary/aromatic N) is 2. The molecule has 206 valence electrons. The van der Waals surface area contributed by atoms with Crippen molar-refractivity contribution >= 4 is 17.5 Å². The molecule has 1 aliphatic rings. The van der Waals surface area contributed by atoms with Gasteiger partial charge in [0, 0.05) is 31.3 Å². The van der Waals surface area contributed by atoms with E-state index in [4.69, 9.17) is 9.15 Å². The Balaban J connectivity index is 1.12. The van der Waals surface area contributed by atoms with Crippen molar-refractivity contribution in [2.24, 2.45) is 0 Å². The summed E-state index contributed by atoms with van der Waals surface area (Å²) in [4.78, 5) is 31.1. The number of nitrogens with one attached hydrogen (secondary N) is 1. The third-order valence-electron chi connectivity index (χ3n) is 6.79. The van der Waals surface area contributed by atoms with Crippen LogP contribution in [0, 0.1) is 6.92 Å². The van der Waals surface area contributed by atoms with Crippen LogP contribution < -0.4 is 10.1 Å². The second kappa shape index (κ2) is 11.3. The number of likely N-dealkylation sites (tertiary alicyclic amines) is 1. The first-order valence-corrected chi connectivity index (χ1v) is 12.7. The van der Waals surface area contributed by atoms with Gasteiger partial charge < -0.3 is 19.4 Å². The van der Waals surface area contributed by atoms with E-state index in [0.29, 0.717) is 41.9 Å². The van der Waals surface area contributed by atoms with Crippen LogP contribution in [0.3, 0.4) is 0 Å². The maximum atomic E-state index is 13.0. The molecule has 1 saturated heterocycles. The standard InChI is InChI=1S/C30H26F3N3O4/c1-19-34-27(18-39-19)28(37)35-24-8-2-20(3-9-24)21-14-16-36(17-15-21)29(38)22-4-10-25(11-5-22)40-26-12-6-23(7-13-26)30(31,32)33/h2-13,18,21H,14-17H2,1H3,(H,35,37). The highest BCUT2D eigenvalue weighted by atomic mass is 19.4. The molecule has 4 aromatic rings. The van der Waals surface area contributed by atoms with Crippen LogP contribution in [-0.2, 0) is 6.18 Å². The first-order valence-electron chi connectivity index (χ1n) is 12.7. The van der Waals surface area contributed by atoms with E-state index in [1.54, 1.807) is 31.2 Å². The third-order valence-corrected chi connectivity index (χ3v) is 6.79. The minimum Gasteiger partial charge on any atom is -0.457 e. The van der Waals surface area contributed by atoms with Crippen LogP contribution in [0.15, 0.2) is 83.5 Å². The zero-order valence-corrected chi connectivity index (χ0v) is 21.6. The Bertz CT molecular complexity index is 1470. The van der Waals surface area contributed by atoms with E-state index < -0.39 is 11.7 Å². The molecule has 0 atom stereocenters. The number of piperidine rings is 1. The summed E-state index contributed by atoms with van der Waals surface area (Å²) >= 11 is 0. The van der Waals surface area contributed by atoms with Gasteiger partial charge in [0.15, 0.2) is 11.6 Å². The van der Waals surface area contributed by atoms with E-state index >= 15 is 0 Å². The number of benzene rings is 3. The average molecular weight is 550 g/mol. The summed E-state index contributed by atoms with van der Waals surface area (Å²) in [5, 5.41) is 2.80. The molecule has 0 radical (unpaired) electrons. The second-order valence-electron chi connectivity index (χ2n) is 9.54. The Labute approximate surface area is 228 Å². The van der Waals surface area contributed by atoms with E-state index in [9.17, 15) is 22.8 Å². The molecule has 40 heavy (non-hydrogen) atoms. The minimum atomic E-state index is -4.41. The van der Waals surface area contributed by atoms with E-state index in [1.807, 2.05) is 29.2 Å². The summed E-state index contributed by atoms with van der Waals surface area (Å²) in [7, 11) is 0. The van der Waals surface area contributed by atoms with Crippen molar-refractivity contribution in [1.29, 1.82) is 0 Å². The van der Waals surface area contributed by atoms with Crippen molar-refractivity contribution in [1.82, 2.24) is 9.88 Å². The topological polar surface area (TPSA) is 84.7 Å². The fourth-order valence-electron chi connectivity index (χ4n) is 4.61. The van der Waals surface area contributed by atoms with E-state index in [2.05, 4.69) is 10.3 Å². The Hall–Kier alpha value is -4.60. The number of carbonyl (C=O) groups excluding carboxylic acids is 2. The maximum Gasteiger partial charge on any atom is 0.416 e. The van der Waals surface area contributed by atoms with Crippen LogP contribution >= 0.6 is 0 Å². The van der Waals surface area contributed by atoms with Crippen LogP contribution in [0.4, 0.5) is 18.9 Å². The molecule has 3 aromatic carbocycles. The number of aryl methyl sites for hydroxylation is 1. The van der Waals surface area contributed by atoms with E-state index in [1.165, 1.54) is 18.4 Å². The predicted molar refractivity (Wildman–Crippen MR) is 141 cm³/mol. The Morgan fingerprint density at radius 1 is 0.925 bits per heavy atom. The van der Waals surface area contributed by atoms with Crippen molar-refractivity contribution in [3.8, 4) is 11.5 Å². The molecule has 2 heterocycles. The van der Waals surface area contributed by atoms with Crippen LogP contribution in [0.1, 0.15) is 56.6 Å². The van der Waals surface area contributed by atoms with Crippen LogP contribution in [0.25, 0.3) is 0 Å². The maximum absolute atomic E-state index is 13.0. The number of hydrogen-bond acceptors (Lipinski definition) is 5. The highest BCUT2D eigenvalue weighted by molar-refractivity contribution is 6.02. The average Bonchev–Trinajstić information content (AvgIpc) is 3.40. The molecule has 0 aliphatic carbocycles. The second-order valence-corrected chi connectivity index (χ2v) is 9.54. The number of rotatable bonds is 6. The molecule has 0 spiro atoms. The van der Waals surface area contributed by atoms with Gasteiger partial charge in [0.1, 0.15) is 17.8 Å². The molecule has 0 unspecified atom stereocenters. The number of carbonyl (C=O) groups is 2. The summed E-state index contributed by atoms with van der Waals surface area (Å²) in [5.74, 6) is 0.997. The number of anilines is 1. The number of aromatic nitrogens is 1. The molecule has 1 N–H and O–H groups in total. The molecule has 1 aromatic heterocycles. The van der Waals surface area contributed by atoms with Gasteiger partial charge in [0.05, 0.1) is 5.56 Å². The number of hydrogen-bond donors (Lipinski definition) is 1. The molecule has 0 saturated carbocycles. The molecule has 0 bridgehead atoms. The number of ether oxygens (including phenoxy) is 1. The molecular weight excluding hydrogens is 523 g/mol. The van der Waals surface area contributed by atoms with Gasteiger partial charge in [0.25, 0.3) is 11.8 Å². The molecule has 1 aliphatic heterocycles. The van der Waals surface area contributed by atoms with Crippen LogP contribution in [-0.4, -0.2) is 34.8 Å². The Morgan fingerprint density at radius 2 is 1.52 bits per heavy atom. The first-order chi connectivity index (χ1) is 19.2. The molecular formula is C30H26F3N3O4. The number of alkyl halides is 3. The van der Waals surface area contributed by atoms with Crippen molar-refractivity contribution in [3.05, 3.63) is 107 Å². The summed E-state index contributed by atoms with van der Waals surface area (Å²) in [6.45, 7) is 2.89. The lowest BCUT2D eigenvalue weighted by molar-refractivity contribution is -0.137. The monoisotopic (exact) mass is 549 g/mol. The fourth-order valence-corrected chi connectivity index (χ4v) is 4.61. The largest absolute Gasteiger partial charge is 0.457 e. The molecule has 10 heteroatoms. The Kier molecular flexibility index (Phi) is 7.59. The van der Waals surface area contributed by atoms with Gasteiger partial charge in [-0.1, -0.05) is 12.1 Å². The predicted octanol–water partition coefficient (Wildman–Crippen LogP) is 7.07. The number of halogens is 3. The van der Waals surface area contributed by atoms with Gasteiger partial charge in [-0.15, -0.1) is 0 Å². The number of amides is 2. The van der Waals surface area contributed by atoms with Crippen molar-refractivity contribution in [3.63, 3.8) is 0 Å². The molecule has 5 rings (SSSR count). The Morgan fingerprint density at radius 3 is 2.08 bits per heavy atom. The number of oxazole rings is 1. The highest BCUT2D eigenvalue weighted by Crippen LogP contribution is 2.32. The van der Waals surface area contributed by atoms with Gasteiger partial charge in [-0.05, 0) is 85.0 Å². The van der Waals surface area contributed by atoms with Gasteiger partial charge in [-0.25, -0.2) is 4.98 Å². The fraction of sp³-hybridized carbons (Fsp3) is 0.233. The van der Waals surface area contributed by atoms with Gasteiger partial charge in [-0.3, -0.25) is 9.59 Å². The molecule has 2 amide bonds. The lowest BCUT2D eigenvalue weighted by atomic mass is 9.89. The van der Waals surface area contributed by atoms with Gasteiger partial charge >= 0.3 is 6.18 Å². The third kappa shape index (κ3) is 6.33. The van der Waals surface area contributed by atoms with E-state index in [-0.39, 0.29) is 23.3 Å². The molecule has 7 nitrogen and oxygen atoms in total. The summed E-state index contributed by atoms with van der Waals surface area (Å²) in [6.07, 6.45) is -1.47. The van der Waals surface area contributed by atoms with Crippen molar-refractivity contribution < 1.29 is 31.9 Å².